The number of aromatic nitrogens is 5. The van der Waals surface area contributed by atoms with E-state index in [1.165, 1.54) is 4.80 Å². The number of hydrogen-bond acceptors (Lipinski definition) is 7. The van der Waals surface area contributed by atoms with Crippen LogP contribution >= 0.6 is 0 Å². The van der Waals surface area contributed by atoms with Gasteiger partial charge in [0, 0.05) is 17.7 Å². The molecule has 1 N–H and O–H groups in total. The van der Waals surface area contributed by atoms with Crippen LogP contribution in [-0.2, 0) is 29.5 Å². The number of aryl methyl sites for hydroxylation is 2. The molecular weight excluding hydrogens is 517 g/mol. The topological polar surface area (TPSA) is 113 Å². The predicted octanol–water partition coefficient (Wildman–Crippen LogP) is 3.95. The third-order valence-electron chi connectivity index (χ3n) is 6.42. The third-order valence-corrected chi connectivity index (χ3v) is 6.42. The van der Waals surface area contributed by atoms with E-state index in [4.69, 9.17) is 4.74 Å². The van der Waals surface area contributed by atoms with Crippen LogP contribution in [-0.4, -0.2) is 62.6 Å². The first-order valence-corrected chi connectivity index (χ1v) is 12.1. The van der Waals surface area contributed by atoms with E-state index in [0.717, 1.165) is 30.7 Å². The van der Waals surface area contributed by atoms with Crippen molar-refractivity contribution in [1.82, 2.24) is 30.1 Å². The lowest BCUT2D eigenvalue weighted by Crippen LogP contribution is -2.55. The molecule has 0 fully saturated rings. The largest absolute Gasteiger partial charge is 0.496 e. The molecule has 0 bridgehead atoms. The number of halogens is 3. The Labute approximate surface area is 222 Å². The predicted molar refractivity (Wildman–Crippen MR) is 136 cm³/mol. The van der Waals surface area contributed by atoms with Gasteiger partial charge in [-0.2, -0.15) is 18.0 Å². The van der Waals surface area contributed by atoms with Crippen molar-refractivity contribution in [3.05, 3.63) is 40.6 Å². The first kappa shape index (κ1) is 27.9. The highest BCUT2D eigenvalue weighted by atomic mass is 19.4. The average Bonchev–Trinajstić information content (AvgIpc) is 3.44. The summed E-state index contributed by atoms with van der Waals surface area (Å²) < 4.78 is 51.9. The highest BCUT2D eigenvalue weighted by Crippen LogP contribution is 2.41. The van der Waals surface area contributed by atoms with Crippen LogP contribution in [0.1, 0.15) is 48.8 Å². The van der Waals surface area contributed by atoms with Crippen LogP contribution in [0.25, 0.3) is 28.7 Å². The zero-order chi connectivity index (χ0) is 28.7. The average molecular weight is 547 g/mol. The molecule has 0 unspecified atom stereocenters. The maximum Gasteiger partial charge on any atom is 0.391 e. The van der Waals surface area contributed by atoms with Crippen molar-refractivity contribution >= 4 is 18.0 Å². The van der Waals surface area contributed by atoms with Crippen molar-refractivity contribution in [3.8, 4) is 28.4 Å². The number of carbonyl (C=O) groups is 2. The molecule has 0 aliphatic carbocycles. The summed E-state index contributed by atoms with van der Waals surface area (Å²) in [5, 5.41) is 14.6. The summed E-state index contributed by atoms with van der Waals surface area (Å²) in [5.41, 5.74) is 2.50. The van der Waals surface area contributed by atoms with Gasteiger partial charge in [0.2, 0.25) is 5.82 Å². The van der Waals surface area contributed by atoms with Crippen LogP contribution < -0.4 is 10.1 Å². The lowest BCUT2D eigenvalue weighted by atomic mass is 9.93. The molecule has 0 saturated heterocycles. The summed E-state index contributed by atoms with van der Waals surface area (Å²) >= 11 is 0. The molecule has 3 aromatic rings. The van der Waals surface area contributed by atoms with Crippen LogP contribution in [0, 0.1) is 0 Å². The molecule has 1 amide bonds. The van der Waals surface area contributed by atoms with Crippen LogP contribution in [0.15, 0.2) is 23.8 Å². The minimum absolute atomic E-state index is 0.121. The zero-order valence-corrected chi connectivity index (χ0v) is 22.4. The minimum atomic E-state index is -4.72. The van der Waals surface area contributed by atoms with E-state index in [0.29, 0.717) is 41.4 Å². The second kappa shape index (κ2) is 10.2. The van der Waals surface area contributed by atoms with Crippen LogP contribution in [0.2, 0.25) is 0 Å². The Kier molecular flexibility index (Phi) is 7.28. The molecular formula is C26H29F3N6O4. The summed E-state index contributed by atoms with van der Waals surface area (Å²) in [7, 11) is 4.17. The zero-order valence-electron chi connectivity index (χ0n) is 22.4. The first-order valence-electron chi connectivity index (χ1n) is 12.1. The molecule has 39 heavy (non-hydrogen) atoms. The van der Waals surface area contributed by atoms with E-state index in [1.807, 2.05) is 32.1 Å². The van der Waals surface area contributed by atoms with Gasteiger partial charge in [-0.15, -0.1) is 10.2 Å². The normalized spacial score (nSPS) is 14.1. The van der Waals surface area contributed by atoms with Gasteiger partial charge in [-0.1, -0.05) is 11.6 Å². The quantitative estimate of drug-likeness (QED) is 0.447. The number of ether oxygens (including phenoxy) is 2. The van der Waals surface area contributed by atoms with Gasteiger partial charge in [0.25, 0.3) is 5.91 Å². The molecule has 1 aromatic carbocycles. The Balaban J connectivity index is 1.86. The number of esters is 1. The lowest BCUT2D eigenvalue weighted by Gasteiger charge is -2.29. The highest BCUT2D eigenvalue weighted by molar-refractivity contribution is 5.99. The van der Waals surface area contributed by atoms with Crippen molar-refractivity contribution in [2.75, 3.05) is 14.2 Å². The second-order valence-electron chi connectivity index (χ2n) is 9.84. The molecule has 0 saturated carbocycles. The number of allylic oxidation sites excluding steroid dienone is 1. The summed E-state index contributed by atoms with van der Waals surface area (Å²) in [6, 6.07) is 5.37. The van der Waals surface area contributed by atoms with Crippen LogP contribution in [0.3, 0.4) is 0 Å². The number of carbonyl (C=O) groups excluding carboxylic acids is 2. The number of methoxy groups -OCH3 is 2. The molecule has 1 aliphatic heterocycles. The highest BCUT2D eigenvalue weighted by Gasteiger charge is 2.47. The maximum atomic E-state index is 13.5. The van der Waals surface area contributed by atoms with Gasteiger partial charge in [0.15, 0.2) is 0 Å². The SMILES string of the molecule is COC(=O)[C@](C)(CC(F)(F)F)NC(=O)c1cc(C=C(C)C)c2n1CCc1cc(OC)c(-c3nnn(C)n3)cc1-2. The van der Waals surface area contributed by atoms with Crippen molar-refractivity contribution in [3.63, 3.8) is 0 Å². The Morgan fingerprint density at radius 1 is 1.15 bits per heavy atom. The van der Waals surface area contributed by atoms with E-state index in [9.17, 15) is 22.8 Å². The fourth-order valence-corrected chi connectivity index (χ4v) is 4.84. The monoisotopic (exact) mass is 546 g/mol. The Morgan fingerprint density at radius 2 is 1.87 bits per heavy atom. The number of benzene rings is 1. The van der Waals surface area contributed by atoms with Gasteiger partial charge in [0.05, 0.1) is 38.9 Å². The van der Waals surface area contributed by atoms with E-state index in [1.54, 1.807) is 24.8 Å². The molecule has 1 atom stereocenters. The molecule has 10 nitrogen and oxygen atoms in total. The van der Waals surface area contributed by atoms with E-state index in [2.05, 4.69) is 25.5 Å². The Morgan fingerprint density at radius 3 is 2.44 bits per heavy atom. The molecule has 0 spiro atoms. The fraction of sp³-hybridized carbons (Fsp3) is 0.423. The molecule has 3 heterocycles. The summed E-state index contributed by atoms with van der Waals surface area (Å²) in [6.07, 6.45) is -3.89. The lowest BCUT2D eigenvalue weighted by molar-refractivity contribution is -0.169. The number of rotatable bonds is 7. The summed E-state index contributed by atoms with van der Waals surface area (Å²) in [6.45, 7) is 5.17. The second-order valence-corrected chi connectivity index (χ2v) is 9.84. The van der Waals surface area contributed by atoms with Crippen LogP contribution in [0.5, 0.6) is 5.75 Å². The van der Waals surface area contributed by atoms with Gasteiger partial charge >= 0.3 is 12.1 Å². The Hall–Kier alpha value is -4.16. The summed E-state index contributed by atoms with van der Waals surface area (Å²) in [5.74, 6) is -1.11. The van der Waals surface area contributed by atoms with Gasteiger partial charge in [-0.05, 0) is 56.2 Å². The maximum absolute atomic E-state index is 13.5. The van der Waals surface area contributed by atoms with Crippen molar-refractivity contribution in [2.24, 2.45) is 7.05 Å². The first-order chi connectivity index (χ1) is 18.3. The molecule has 0 radical (unpaired) electrons. The molecule has 4 rings (SSSR count). The number of nitrogens with one attached hydrogen (secondary N) is 1. The van der Waals surface area contributed by atoms with Gasteiger partial charge in [-0.25, -0.2) is 4.79 Å². The molecule has 1 aliphatic rings. The van der Waals surface area contributed by atoms with Crippen molar-refractivity contribution < 1.29 is 32.2 Å². The number of fused-ring (bicyclic) bond motifs is 3. The van der Waals surface area contributed by atoms with Crippen molar-refractivity contribution in [1.29, 1.82) is 0 Å². The fourth-order valence-electron chi connectivity index (χ4n) is 4.84. The number of hydrogen-bond donors (Lipinski definition) is 1. The summed E-state index contributed by atoms with van der Waals surface area (Å²) in [4.78, 5) is 27.1. The molecule has 2 aromatic heterocycles. The number of amides is 1. The molecule has 208 valence electrons. The standard InChI is InChI=1S/C26H29F3N6O4/c1-14(2)9-16-10-19(23(36)30-25(3,24(37)39-6)13-26(27,28)29)35-8-7-15-11-20(38-5)18(12-17(15)21(16)35)22-31-33-34(4)32-22/h9-12H,7-8,13H2,1-6H3,(H,30,36)/t25-/m0/s1. The smallest absolute Gasteiger partial charge is 0.391 e. The number of alkyl halides is 3. The van der Waals surface area contributed by atoms with Crippen molar-refractivity contribution in [2.45, 2.75) is 51.9 Å². The van der Waals surface area contributed by atoms with E-state index < -0.39 is 30.0 Å². The minimum Gasteiger partial charge on any atom is -0.496 e. The van der Waals surface area contributed by atoms with Gasteiger partial charge in [0.1, 0.15) is 17.0 Å². The number of nitrogens with zero attached hydrogens (tertiary/aromatic N) is 5. The third kappa shape index (κ3) is 5.52. The molecule has 13 heteroatoms. The van der Waals surface area contributed by atoms with Crippen LogP contribution in [0.4, 0.5) is 13.2 Å². The van der Waals surface area contributed by atoms with E-state index >= 15 is 0 Å². The van der Waals surface area contributed by atoms with Gasteiger partial charge in [-0.3, -0.25) is 4.79 Å². The van der Waals surface area contributed by atoms with E-state index in [-0.39, 0.29) is 5.69 Å². The van der Waals surface area contributed by atoms with Gasteiger partial charge < -0.3 is 19.4 Å². The Bertz CT molecular complexity index is 1470. The number of tetrazole rings is 1.